The van der Waals surface area contributed by atoms with Gasteiger partial charge in [0.1, 0.15) is 10.7 Å². The first kappa shape index (κ1) is 19.8. The predicted octanol–water partition coefficient (Wildman–Crippen LogP) is 4.15. The minimum absolute atomic E-state index is 0.0419. The topological polar surface area (TPSA) is 66.5 Å². The number of amides is 1. The number of anilines is 1. The Hall–Kier alpha value is -1.96. The highest BCUT2D eigenvalue weighted by molar-refractivity contribution is 7.89. The molecule has 0 saturated carbocycles. The minimum atomic E-state index is -4.00. The maximum Gasteiger partial charge on any atom is 0.255 e. The number of rotatable bonds is 4. The van der Waals surface area contributed by atoms with Crippen molar-refractivity contribution in [2.75, 3.05) is 18.4 Å². The minimum Gasteiger partial charge on any atom is -0.321 e. The number of hydrogen-bond donors (Lipinski definition) is 1. The number of nitrogens with one attached hydrogen (secondary N) is 1. The third-order valence-corrected chi connectivity index (χ3v) is 6.92. The molecule has 5 nitrogen and oxygen atoms in total. The van der Waals surface area contributed by atoms with E-state index >= 15 is 0 Å². The molecule has 1 aliphatic rings. The van der Waals surface area contributed by atoms with E-state index < -0.39 is 26.6 Å². The second kappa shape index (κ2) is 7.96. The van der Waals surface area contributed by atoms with Gasteiger partial charge in [-0.05, 0) is 49.1 Å². The van der Waals surface area contributed by atoms with Gasteiger partial charge in [-0.1, -0.05) is 30.7 Å². The van der Waals surface area contributed by atoms with Crippen molar-refractivity contribution < 1.29 is 17.6 Å². The lowest BCUT2D eigenvalue weighted by Gasteiger charge is -2.29. The Kier molecular flexibility index (Phi) is 5.83. The molecule has 2 aromatic carbocycles. The molecule has 0 spiro atoms. The summed E-state index contributed by atoms with van der Waals surface area (Å²) < 4.78 is 41.2. The van der Waals surface area contributed by atoms with Crippen LogP contribution in [0.15, 0.2) is 47.4 Å². The summed E-state index contributed by atoms with van der Waals surface area (Å²) in [5.74, 6) is -0.997. The van der Waals surface area contributed by atoms with E-state index in [1.807, 2.05) is 0 Å². The van der Waals surface area contributed by atoms with Gasteiger partial charge >= 0.3 is 0 Å². The van der Waals surface area contributed by atoms with E-state index in [4.69, 9.17) is 11.6 Å². The average molecular weight is 411 g/mol. The fourth-order valence-electron chi connectivity index (χ4n) is 2.96. The zero-order valence-corrected chi connectivity index (χ0v) is 16.4. The fraction of sp³-hybridized carbons (Fsp3) is 0.316. The summed E-state index contributed by atoms with van der Waals surface area (Å²) in [7, 11) is -4.00. The van der Waals surface area contributed by atoms with Crippen LogP contribution in [-0.2, 0) is 10.0 Å². The van der Waals surface area contributed by atoms with Crippen LogP contribution in [0.25, 0.3) is 0 Å². The van der Waals surface area contributed by atoms with Crippen LogP contribution in [0.2, 0.25) is 5.02 Å². The van der Waals surface area contributed by atoms with Crippen molar-refractivity contribution in [1.29, 1.82) is 0 Å². The first-order valence-electron chi connectivity index (χ1n) is 8.64. The van der Waals surface area contributed by atoms with Gasteiger partial charge in [0.15, 0.2) is 0 Å². The number of hydrogen-bond acceptors (Lipinski definition) is 3. The van der Waals surface area contributed by atoms with Crippen molar-refractivity contribution in [1.82, 2.24) is 4.31 Å². The number of halogens is 2. The van der Waals surface area contributed by atoms with Gasteiger partial charge in [-0.15, -0.1) is 0 Å². The Morgan fingerprint density at radius 1 is 1.19 bits per heavy atom. The van der Waals surface area contributed by atoms with Crippen molar-refractivity contribution in [2.24, 2.45) is 5.92 Å². The van der Waals surface area contributed by atoms with E-state index in [0.29, 0.717) is 29.7 Å². The van der Waals surface area contributed by atoms with Crippen LogP contribution in [0, 0.1) is 11.7 Å². The van der Waals surface area contributed by atoms with E-state index in [1.165, 1.54) is 10.4 Å². The number of para-hydroxylation sites is 1. The second-order valence-electron chi connectivity index (χ2n) is 6.67. The fourth-order valence-corrected chi connectivity index (χ4v) is 4.71. The summed E-state index contributed by atoms with van der Waals surface area (Å²) in [5.41, 5.74) is 0.434. The van der Waals surface area contributed by atoms with Gasteiger partial charge in [0.2, 0.25) is 10.0 Å². The summed E-state index contributed by atoms with van der Waals surface area (Å²) in [4.78, 5) is 12.0. The molecule has 8 heteroatoms. The van der Waals surface area contributed by atoms with Crippen molar-refractivity contribution >= 4 is 33.2 Å². The number of carbonyl (C=O) groups is 1. The molecule has 1 aliphatic heterocycles. The molecule has 0 bridgehead atoms. The molecule has 1 heterocycles. The average Bonchev–Trinajstić information content (AvgIpc) is 2.64. The number of sulfonamides is 1. The van der Waals surface area contributed by atoms with Gasteiger partial charge in [0.05, 0.1) is 10.7 Å². The number of piperidine rings is 1. The van der Waals surface area contributed by atoms with E-state index in [-0.39, 0.29) is 5.56 Å². The number of benzene rings is 2. The maximum atomic E-state index is 14.3. The lowest BCUT2D eigenvalue weighted by molar-refractivity contribution is 0.102. The molecule has 0 aromatic heterocycles. The van der Waals surface area contributed by atoms with Gasteiger partial charge < -0.3 is 5.32 Å². The first-order valence-corrected chi connectivity index (χ1v) is 10.5. The third kappa shape index (κ3) is 4.31. The number of carbonyl (C=O) groups excluding carboxylic acids is 1. The van der Waals surface area contributed by atoms with Gasteiger partial charge in [-0.3, -0.25) is 4.79 Å². The van der Waals surface area contributed by atoms with Crippen molar-refractivity contribution in [3.05, 3.63) is 58.9 Å². The Bertz CT molecular complexity index is 957. The van der Waals surface area contributed by atoms with Crippen LogP contribution in [0.1, 0.15) is 30.1 Å². The van der Waals surface area contributed by atoms with E-state index in [9.17, 15) is 17.6 Å². The molecule has 27 heavy (non-hydrogen) atoms. The second-order valence-corrected chi connectivity index (χ2v) is 8.98. The van der Waals surface area contributed by atoms with Gasteiger partial charge in [-0.2, -0.15) is 4.31 Å². The van der Waals surface area contributed by atoms with Crippen LogP contribution in [0.3, 0.4) is 0 Å². The highest BCUT2D eigenvalue weighted by Gasteiger charge is 2.31. The Balaban J connectivity index is 1.88. The van der Waals surface area contributed by atoms with Gasteiger partial charge in [0, 0.05) is 18.7 Å². The van der Waals surface area contributed by atoms with E-state index in [0.717, 1.165) is 25.0 Å². The summed E-state index contributed by atoms with van der Waals surface area (Å²) in [6.07, 6.45) is 1.46. The Morgan fingerprint density at radius 2 is 1.85 bits per heavy atom. The molecule has 1 fully saturated rings. The van der Waals surface area contributed by atoms with Crippen molar-refractivity contribution in [3.8, 4) is 0 Å². The highest BCUT2D eigenvalue weighted by Crippen LogP contribution is 2.27. The van der Waals surface area contributed by atoms with Crippen LogP contribution < -0.4 is 5.32 Å². The summed E-state index contributed by atoms with van der Waals surface area (Å²) in [5, 5.41) is 2.96. The molecular formula is C19H20ClFN2O3S. The largest absolute Gasteiger partial charge is 0.321 e. The third-order valence-electron chi connectivity index (χ3n) is 4.68. The van der Waals surface area contributed by atoms with Gasteiger partial charge in [0.25, 0.3) is 5.91 Å². The van der Waals surface area contributed by atoms with Crippen LogP contribution in [0.4, 0.5) is 10.1 Å². The highest BCUT2D eigenvalue weighted by atomic mass is 35.5. The Labute approximate surface area is 163 Å². The summed E-state index contributed by atoms with van der Waals surface area (Å²) >= 11 is 6.02. The summed E-state index contributed by atoms with van der Waals surface area (Å²) in [6, 6.07) is 10.00. The lowest BCUT2D eigenvalue weighted by atomic mass is 10.0. The molecule has 0 aliphatic carbocycles. The maximum absolute atomic E-state index is 14.3. The van der Waals surface area contributed by atoms with Crippen LogP contribution in [-0.4, -0.2) is 31.7 Å². The molecule has 3 rings (SSSR count). The lowest BCUT2D eigenvalue weighted by Crippen LogP contribution is -2.38. The molecular weight excluding hydrogens is 391 g/mol. The van der Waals surface area contributed by atoms with Crippen LogP contribution in [0.5, 0.6) is 0 Å². The van der Waals surface area contributed by atoms with Crippen molar-refractivity contribution in [2.45, 2.75) is 24.7 Å². The summed E-state index contributed by atoms with van der Waals surface area (Å²) in [6.45, 7) is 2.75. The zero-order chi connectivity index (χ0) is 19.6. The normalized spacial score (nSPS) is 16.3. The molecule has 1 saturated heterocycles. The smallest absolute Gasteiger partial charge is 0.255 e. The first-order chi connectivity index (χ1) is 12.8. The van der Waals surface area contributed by atoms with Gasteiger partial charge in [-0.25, -0.2) is 12.8 Å². The number of nitrogens with zero attached hydrogens (tertiary/aromatic N) is 1. The van der Waals surface area contributed by atoms with E-state index in [1.54, 1.807) is 24.3 Å². The molecule has 144 valence electrons. The van der Waals surface area contributed by atoms with Crippen LogP contribution >= 0.6 is 11.6 Å². The quantitative estimate of drug-likeness (QED) is 0.823. The molecule has 2 aromatic rings. The monoisotopic (exact) mass is 410 g/mol. The Morgan fingerprint density at radius 3 is 2.52 bits per heavy atom. The molecule has 1 N–H and O–H groups in total. The molecule has 0 unspecified atom stereocenters. The molecule has 1 amide bonds. The SMILES string of the molecule is CC1CCN(S(=O)(=O)c2cc(C(=O)Nc3ccccc3Cl)ccc2F)CC1. The van der Waals surface area contributed by atoms with E-state index in [2.05, 4.69) is 12.2 Å². The molecule has 0 atom stereocenters. The van der Waals surface area contributed by atoms with Crippen molar-refractivity contribution in [3.63, 3.8) is 0 Å². The standard InChI is InChI=1S/C19H20ClFN2O3S/c1-13-8-10-23(11-9-13)27(25,26)18-12-14(6-7-16(18)21)19(24)22-17-5-3-2-4-15(17)20/h2-7,12-13H,8-11H2,1H3,(H,22,24). The zero-order valence-electron chi connectivity index (χ0n) is 14.8. The molecule has 0 radical (unpaired) electrons. The predicted molar refractivity (Wildman–Crippen MR) is 103 cm³/mol.